The average molecular weight is 501 g/mol. The van der Waals surface area contributed by atoms with Crippen LogP contribution in [0.3, 0.4) is 0 Å². The van der Waals surface area contributed by atoms with E-state index in [-0.39, 0.29) is 35.2 Å². The van der Waals surface area contributed by atoms with E-state index < -0.39 is 29.2 Å². The Hall–Kier alpha value is -3.95. The van der Waals surface area contributed by atoms with Crippen molar-refractivity contribution in [1.29, 1.82) is 0 Å². The number of carbonyl (C=O) groups excluding carboxylic acids is 2. The summed E-state index contributed by atoms with van der Waals surface area (Å²) in [6, 6.07) is 7.40. The topological polar surface area (TPSA) is 80.3 Å². The first-order valence-corrected chi connectivity index (χ1v) is 11.4. The molecule has 10 heteroatoms. The van der Waals surface area contributed by atoms with Gasteiger partial charge < -0.3 is 15.4 Å². The van der Waals surface area contributed by atoms with Crippen molar-refractivity contribution >= 4 is 11.8 Å². The van der Waals surface area contributed by atoms with Gasteiger partial charge in [-0.3, -0.25) is 9.59 Å². The molecule has 0 bridgehead atoms. The molecule has 0 spiro atoms. The molecule has 1 aromatic heterocycles. The number of amides is 2. The molecule has 4 rings (SSSR count). The van der Waals surface area contributed by atoms with Gasteiger partial charge in [0, 0.05) is 23.7 Å². The molecule has 0 aliphatic heterocycles. The lowest BCUT2D eigenvalue weighted by molar-refractivity contribution is 0.0889. The molecule has 1 saturated carbocycles. The van der Waals surface area contributed by atoms with E-state index in [0.29, 0.717) is 36.8 Å². The third kappa shape index (κ3) is 5.99. The Morgan fingerprint density at radius 2 is 1.44 bits per heavy atom. The van der Waals surface area contributed by atoms with Crippen LogP contribution in [0.25, 0.3) is 0 Å². The molecule has 2 aromatic carbocycles. The minimum atomic E-state index is -1.14. The highest BCUT2D eigenvalue weighted by Gasteiger charge is 2.26. The molecule has 1 aliphatic rings. The average Bonchev–Trinajstić information content (AvgIpc) is 2.83. The van der Waals surface area contributed by atoms with E-state index in [1.165, 1.54) is 18.2 Å². The standard InChI is InChI=1S/C26H23F4N3O3/c1-14-10-15(27)2-8-20(14)24(34)32-17-3-5-18(6-4-17)33-25(35)21-11-16(28)13-31-26(21)36-19-7-9-22(29)23(30)12-19/h2,7-13,17-18H,3-6H2,1H3,(H,32,34)(H,33,35). The third-order valence-electron chi connectivity index (χ3n) is 6.00. The van der Waals surface area contributed by atoms with Crippen molar-refractivity contribution in [3.8, 4) is 11.6 Å². The zero-order chi connectivity index (χ0) is 25.8. The van der Waals surface area contributed by atoms with Crippen molar-refractivity contribution in [2.75, 3.05) is 0 Å². The predicted molar refractivity (Wildman–Crippen MR) is 123 cm³/mol. The van der Waals surface area contributed by atoms with Gasteiger partial charge in [-0.2, -0.15) is 0 Å². The summed E-state index contributed by atoms with van der Waals surface area (Å²) in [4.78, 5) is 29.2. The Morgan fingerprint density at radius 1 is 0.806 bits per heavy atom. The summed E-state index contributed by atoms with van der Waals surface area (Å²) >= 11 is 0. The van der Waals surface area contributed by atoms with Gasteiger partial charge in [-0.05, 0) is 74.6 Å². The molecule has 1 aliphatic carbocycles. The number of rotatable bonds is 6. The summed E-state index contributed by atoms with van der Waals surface area (Å²) < 4.78 is 59.2. The molecule has 1 fully saturated rings. The molecule has 36 heavy (non-hydrogen) atoms. The first kappa shape index (κ1) is 25.2. The number of nitrogens with one attached hydrogen (secondary N) is 2. The van der Waals surface area contributed by atoms with Gasteiger partial charge >= 0.3 is 0 Å². The quantitative estimate of drug-likeness (QED) is 0.455. The molecule has 6 nitrogen and oxygen atoms in total. The first-order valence-electron chi connectivity index (χ1n) is 11.4. The SMILES string of the molecule is Cc1cc(F)ccc1C(=O)NC1CCC(NC(=O)c2cc(F)cnc2Oc2ccc(F)c(F)c2)CC1. The Balaban J connectivity index is 1.36. The van der Waals surface area contributed by atoms with E-state index in [1.54, 1.807) is 6.92 Å². The van der Waals surface area contributed by atoms with Crippen molar-refractivity contribution < 1.29 is 31.9 Å². The highest BCUT2D eigenvalue weighted by Crippen LogP contribution is 2.26. The second kappa shape index (κ2) is 10.8. The van der Waals surface area contributed by atoms with E-state index in [2.05, 4.69) is 15.6 Å². The molecule has 0 unspecified atom stereocenters. The van der Waals surface area contributed by atoms with Gasteiger partial charge in [0.25, 0.3) is 11.8 Å². The van der Waals surface area contributed by atoms with Gasteiger partial charge in [-0.1, -0.05) is 0 Å². The van der Waals surface area contributed by atoms with Gasteiger partial charge in [0.05, 0.1) is 6.20 Å². The van der Waals surface area contributed by atoms with Gasteiger partial charge in [-0.25, -0.2) is 22.5 Å². The molecule has 2 amide bonds. The van der Waals surface area contributed by atoms with Crippen LogP contribution in [0.4, 0.5) is 17.6 Å². The second-order valence-corrected chi connectivity index (χ2v) is 8.64. The number of ether oxygens (including phenoxy) is 1. The molecular weight excluding hydrogens is 478 g/mol. The molecule has 2 N–H and O–H groups in total. The molecular formula is C26H23F4N3O3. The fraction of sp³-hybridized carbons (Fsp3) is 0.269. The molecule has 1 heterocycles. The molecule has 3 aromatic rings. The summed E-state index contributed by atoms with van der Waals surface area (Å²) in [5.41, 5.74) is 0.750. The van der Waals surface area contributed by atoms with Crippen molar-refractivity contribution in [2.45, 2.75) is 44.7 Å². The number of hydrogen-bond acceptors (Lipinski definition) is 4. The van der Waals surface area contributed by atoms with Crippen LogP contribution in [-0.2, 0) is 0 Å². The third-order valence-corrected chi connectivity index (χ3v) is 6.00. The van der Waals surface area contributed by atoms with E-state index in [9.17, 15) is 27.2 Å². The molecule has 0 atom stereocenters. The van der Waals surface area contributed by atoms with Crippen LogP contribution in [0, 0.1) is 30.2 Å². The Labute approximate surface area is 204 Å². The maximum absolute atomic E-state index is 13.8. The number of aromatic nitrogens is 1. The fourth-order valence-corrected chi connectivity index (χ4v) is 4.11. The van der Waals surface area contributed by atoms with Crippen LogP contribution in [0.1, 0.15) is 52.0 Å². The van der Waals surface area contributed by atoms with E-state index in [4.69, 9.17) is 4.74 Å². The van der Waals surface area contributed by atoms with Crippen molar-refractivity contribution in [2.24, 2.45) is 0 Å². The predicted octanol–water partition coefficient (Wildman–Crippen LogP) is 5.21. The summed E-state index contributed by atoms with van der Waals surface area (Å²) in [7, 11) is 0. The zero-order valence-electron chi connectivity index (χ0n) is 19.3. The van der Waals surface area contributed by atoms with Gasteiger partial charge in [-0.15, -0.1) is 0 Å². The van der Waals surface area contributed by atoms with Crippen LogP contribution in [0.15, 0.2) is 48.7 Å². The summed E-state index contributed by atoms with van der Waals surface area (Å²) in [5.74, 6) is -4.65. The Bertz CT molecular complexity index is 1290. The minimum absolute atomic E-state index is 0.102. The number of nitrogens with zero attached hydrogens (tertiary/aromatic N) is 1. The van der Waals surface area contributed by atoms with Crippen LogP contribution in [0.2, 0.25) is 0 Å². The number of halogens is 4. The second-order valence-electron chi connectivity index (χ2n) is 8.64. The smallest absolute Gasteiger partial charge is 0.257 e. The fourth-order valence-electron chi connectivity index (χ4n) is 4.11. The first-order chi connectivity index (χ1) is 17.2. The summed E-state index contributed by atoms with van der Waals surface area (Å²) in [5, 5.41) is 5.76. The van der Waals surface area contributed by atoms with E-state index in [1.807, 2.05) is 0 Å². The van der Waals surface area contributed by atoms with Gasteiger partial charge in [0.15, 0.2) is 11.6 Å². The molecule has 0 saturated heterocycles. The number of carbonyl (C=O) groups is 2. The number of aryl methyl sites for hydroxylation is 1. The maximum atomic E-state index is 13.8. The maximum Gasteiger partial charge on any atom is 0.257 e. The van der Waals surface area contributed by atoms with E-state index >= 15 is 0 Å². The van der Waals surface area contributed by atoms with E-state index in [0.717, 1.165) is 30.5 Å². The largest absolute Gasteiger partial charge is 0.438 e. The lowest BCUT2D eigenvalue weighted by atomic mass is 9.90. The van der Waals surface area contributed by atoms with Crippen LogP contribution < -0.4 is 15.4 Å². The summed E-state index contributed by atoms with van der Waals surface area (Å²) in [6.45, 7) is 1.66. The molecule has 0 radical (unpaired) electrons. The lowest BCUT2D eigenvalue weighted by Crippen LogP contribution is -2.44. The van der Waals surface area contributed by atoms with Crippen molar-refractivity contribution in [3.63, 3.8) is 0 Å². The Kier molecular flexibility index (Phi) is 7.52. The number of benzene rings is 2. The van der Waals surface area contributed by atoms with Crippen molar-refractivity contribution in [1.82, 2.24) is 15.6 Å². The Morgan fingerprint density at radius 3 is 2.06 bits per heavy atom. The minimum Gasteiger partial charge on any atom is -0.438 e. The number of pyridine rings is 1. The number of hydrogen-bond donors (Lipinski definition) is 2. The van der Waals surface area contributed by atoms with Crippen LogP contribution in [0.5, 0.6) is 11.6 Å². The van der Waals surface area contributed by atoms with Gasteiger partial charge in [0.1, 0.15) is 22.9 Å². The van der Waals surface area contributed by atoms with Crippen LogP contribution in [-0.4, -0.2) is 28.9 Å². The summed E-state index contributed by atoms with van der Waals surface area (Å²) in [6.07, 6.45) is 3.15. The highest BCUT2D eigenvalue weighted by atomic mass is 19.2. The molecule has 188 valence electrons. The van der Waals surface area contributed by atoms with Gasteiger partial charge in [0.2, 0.25) is 5.88 Å². The zero-order valence-corrected chi connectivity index (χ0v) is 19.3. The monoisotopic (exact) mass is 501 g/mol. The lowest BCUT2D eigenvalue weighted by Gasteiger charge is -2.30. The van der Waals surface area contributed by atoms with Crippen LogP contribution >= 0.6 is 0 Å². The highest BCUT2D eigenvalue weighted by molar-refractivity contribution is 5.97. The van der Waals surface area contributed by atoms with Crippen molar-refractivity contribution in [3.05, 3.63) is 88.6 Å². The normalized spacial score (nSPS) is 17.4.